The van der Waals surface area contributed by atoms with Crippen LogP contribution in [0.4, 0.5) is 5.69 Å². The van der Waals surface area contributed by atoms with Crippen molar-refractivity contribution in [3.05, 3.63) is 94.4 Å². The molecule has 1 atom stereocenters. The summed E-state index contributed by atoms with van der Waals surface area (Å²) >= 11 is 0. The molecule has 198 valence electrons. The number of rotatable bonds is 4. The van der Waals surface area contributed by atoms with Crippen LogP contribution in [0.3, 0.4) is 0 Å². The third-order valence-electron chi connectivity index (χ3n) is 7.71. The summed E-state index contributed by atoms with van der Waals surface area (Å²) < 4.78 is 8.48. The smallest absolute Gasteiger partial charge is 0.296 e. The molecule has 8 nitrogen and oxygen atoms in total. The van der Waals surface area contributed by atoms with Gasteiger partial charge in [-0.1, -0.05) is 30.3 Å². The zero-order valence-corrected chi connectivity index (χ0v) is 22.6. The molecule has 2 aromatic heterocycles. The maximum atomic E-state index is 14.2. The summed E-state index contributed by atoms with van der Waals surface area (Å²) in [6.07, 6.45) is 0. The van der Waals surface area contributed by atoms with Gasteiger partial charge in [0.2, 0.25) is 0 Å². The molecule has 0 unspecified atom stereocenters. The highest BCUT2D eigenvalue weighted by atomic mass is 16.5. The zero-order chi connectivity index (χ0) is 27.3. The van der Waals surface area contributed by atoms with E-state index in [1.54, 1.807) is 31.4 Å². The Hall–Kier alpha value is -4.59. The van der Waals surface area contributed by atoms with Crippen LogP contribution in [-0.4, -0.2) is 57.9 Å². The number of piperazine rings is 1. The molecule has 8 heteroatoms. The summed E-state index contributed by atoms with van der Waals surface area (Å²) in [6, 6.07) is 23.5. The van der Waals surface area contributed by atoms with Crippen LogP contribution < -0.4 is 15.2 Å². The first-order chi connectivity index (χ1) is 18.9. The lowest BCUT2D eigenvalue weighted by Crippen LogP contribution is -2.54. The van der Waals surface area contributed by atoms with E-state index in [0.29, 0.717) is 42.0 Å². The molecule has 3 aromatic carbocycles. The van der Waals surface area contributed by atoms with E-state index in [1.165, 1.54) is 10.2 Å². The molecule has 0 N–H and O–H groups in total. The average Bonchev–Trinajstić information content (AvgIpc) is 3.26. The number of carbonyl (C=O) groups excluding carboxylic acids is 1. The number of methoxy groups -OCH3 is 1. The number of ether oxygens (including phenoxy) is 1. The molecule has 3 heterocycles. The highest BCUT2D eigenvalue weighted by Gasteiger charge is 2.31. The molecule has 1 amide bonds. The monoisotopic (exact) mass is 521 g/mol. The van der Waals surface area contributed by atoms with Crippen LogP contribution in [0.2, 0.25) is 0 Å². The van der Waals surface area contributed by atoms with E-state index in [0.717, 1.165) is 16.6 Å². The molecular formula is C31H31N5O3. The predicted octanol–water partition coefficient (Wildman–Crippen LogP) is 4.55. The molecule has 0 aliphatic carbocycles. The molecule has 5 aromatic rings. The highest BCUT2D eigenvalue weighted by Crippen LogP contribution is 2.30. The van der Waals surface area contributed by atoms with E-state index in [1.807, 2.05) is 40.8 Å². The Labute approximate surface area is 226 Å². The maximum absolute atomic E-state index is 14.2. The fraction of sp³-hybridized carbons (Fsp3) is 0.258. The van der Waals surface area contributed by atoms with Gasteiger partial charge in [-0.2, -0.15) is 9.78 Å². The lowest BCUT2D eigenvalue weighted by Gasteiger charge is -2.41. The number of para-hydroxylation sites is 1. The lowest BCUT2D eigenvalue weighted by molar-refractivity contribution is 0.0720. The third kappa shape index (κ3) is 4.12. The van der Waals surface area contributed by atoms with E-state index in [-0.39, 0.29) is 23.2 Å². The zero-order valence-electron chi connectivity index (χ0n) is 22.6. The number of amides is 1. The first kappa shape index (κ1) is 24.7. The molecule has 1 saturated heterocycles. The molecule has 6 rings (SSSR count). The second-order valence-corrected chi connectivity index (χ2v) is 10.2. The Bertz CT molecular complexity index is 1770. The number of hydrogen-bond acceptors (Lipinski definition) is 5. The van der Waals surface area contributed by atoms with Gasteiger partial charge in [0.05, 0.1) is 12.8 Å². The fourth-order valence-corrected chi connectivity index (χ4v) is 5.71. The van der Waals surface area contributed by atoms with Crippen LogP contribution in [0.25, 0.3) is 27.5 Å². The average molecular weight is 522 g/mol. The minimum absolute atomic E-state index is 0.125. The molecule has 1 aliphatic rings. The summed E-state index contributed by atoms with van der Waals surface area (Å²) in [7, 11) is 3.46. The van der Waals surface area contributed by atoms with E-state index >= 15 is 0 Å². The van der Waals surface area contributed by atoms with E-state index in [9.17, 15) is 9.59 Å². The van der Waals surface area contributed by atoms with E-state index in [2.05, 4.69) is 43.0 Å². The maximum Gasteiger partial charge on any atom is 0.296 e. The minimum Gasteiger partial charge on any atom is -0.497 e. The standard InChI is InChI=1S/C31H31N5O3/c1-20-8-7-9-23(18-20)35-17-16-34(19-21(35)2)30(37)28-27-25-10-5-6-11-26(25)33(3)29(27)31(38)36(32-28)22-12-14-24(39-4)15-13-22/h5-15,18,21H,16-17,19H2,1-4H3/t21-/m1/s1. The van der Waals surface area contributed by atoms with Crippen LogP contribution >= 0.6 is 0 Å². The summed E-state index contributed by atoms with van der Waals surface area (Å²) in [5.74, 6) is 0.503. The number of benzene rings is 3. The molecule has 0 radical (unpaired) electrons. The number of hydrogen-bond donors (Lipinski definition) is 0. The van der Waals surface area contributed by atoms with Gasteiger partial charge in [0, 0.05) is 54.7 Å². The van der Waals surface area contributed by atoms with Gasteiger partial charge in [0.1, 0.15) is 11.3 Å². The summed E-state index contributed by atoms with van der Waals surface area (Å²) in [6.45, 7) is 6.07. The molecule has 0 saturated carbocycles. The molecule has 1 fully saturated rings. The molecule has 0 spiro atoms. The Morgan fingerprint density at radius 2 is 1.74 bits per heavy atom. The van der Waals surface area contributed by atoms with E-state index < -0.39 is 0 Å². The number of nitrogens with zero attached hydrogens (tertiary/aromatic N) is 5. The van der Waals surface area contributed by atoms with Crippen molar-refractivity contribution >= 4 is 33.4 Å². The van der Waals surface area contributed by atoms with Gasteiger partial charge in [-0.05, 0) is 61.9 Å². The van der Waals surface area contributed by atoms with Crippen molar-refractivity contribution in [2.45, 2.75) is 19.9 Å². The van der Waals surface area contributed by atoms with Crippen molar-refractivity contribution < 1.29 is 9.53 Å². The van der Waals surface area contributed by atoms with Crippen molar-refractivity contribution in [1.29, 1.82) is 0 Å². The van der Waals surface area contributed by atoms with E-state index in [4.69, 9.17) is 9.84 Å². The first-order valence-electron chi connectivity index (χ1n) is 13.1. The van der Waals surface area contributed by atoms with Crippen molar-refractivity contribution in [3.8, 4) is 11.4 Å². The Morgan fingerprint density at radius 3 is 2.46 bits per heavy atom. The molecular weight excluding hydrogens is 490 g/mol. The van der Waals surface area contributed by atoms with Crippen molar-refractivity contribution in [1.82, 2.24) is 19.2 Å². The summed E-state index contributed by atoms with van der Waals surface area (Å²) in [4.78, 5) is 32.2. The second-order valence-electron chi connectivity index (χ2n) is 10.2. The topological polar surface area (TPSA) is 72.6 Å². The van der Waals surface area contributed by atoms with Gasteiger partial charge < -0.3 is 19.1 Å². The number of anilines is 1. The first-order valence-corrected chi connectivity index (χ1v) is 13.1. The SMILES string of the molecule is COc1ccc(-n2nc(C(=O)N3CCN(c4cccc(C)c4)[C@H](C)C3)c3c4ccccc4n(C)c3c2=O)cc1. The largest absolute Gasteiger partial charge is 0.497 e. The number of carbonyl (C=O) groups is 1. The third-order valence-corrected chi connectivity index (χ3v) is 7.71. The normalized spacial score (nSPS) is 15.7. The van der Waals surface area contributed by atoms with Crippen LogP contribution in [0.15, 0.2) is 77.6 Å². The number of fused-ring (bicyclic) bond motifs is 3. The van der Waals surface area contributed by atoms with Crippen LogP contribution in [0.5, 0.6) is 5.75 Å². The number of aromatic nitrogens is 3. The van der Waals surface area contributed by atoms with Gasteiger partial charge in [0.25, 0.3) is 11.5 Å². The van der Waals surface area contributed by atoms with Crippen molar-refractivity contribution in [2.75, 3.05) is 31.6 Å². The number of aryl methyl sites for hydroxylation is 2. The minimum atomic E-state index is -0.275. The van der Waals surface area contributed by atoms with Crippen molar-refractivity contribution in [3.63, 3.8) is 0 Å². The van der Waals surface area contributed by atoms with Gasteiger partial charge in [-0.25, -0.2) is 0 Å². The van der Waals surface area contributed by atoms with Gasteiger partial charge in [-0.3, -0.25) is 9.59 Å². The summed E-state index contributed by atoms with van der Waals surface area (Å²) in [5, 5.41) is 6.17. The quantitative estimate of drug-likeness (QED) is 0.347. The van der Waals surface area contributed by atoms with Crippen LogP contribution in [0, 0.1) is 6.92 Å². The van der Waals surface area contributed by atoms with Crippen LogP contribution in [-0.2, 0) is 7.05 Å². The highest BCUT2D eigenvalue weighted by molar-refractivity contribution is 6.16. The molecule has 39 heavy (non-hydrogen) atoms. The summed E-state index contributed by atoms with van der Waals surface area (Å²) in [5.41, 5.74) is 4.29. The Morgan fingerprint density at radius 1 is 0.974 bits per heavy atom. The predicted molar refractivity (Wildman–Crippen MR) is 154 cm³/mol. The Balaban J connectivity index is 1.46. The van der Waals surface area contributed by atoms with Crippen LogP contribution in [0.1, 0.15) is 23.0 Å². The van der Waals surface area contributed by atoms with Gasteiger partial charge >= 0.3 is 0 Å². The second kappa shape index (κ2) is 9.62. The molecule has 0 bridgehead atoms. The van der Waals surface area contributed by atoms with Gasteiger partial charge in [-0.15, -0.1) is 0 Å². The Kier molecular flexibility index (Phi) is 6.10. The van der Waals surface area contributed by atoms with Gasteiger partial charge in [0.15, 0.2) is 5.69 Å². The fourth-order valence-electron chi connectivity index (χ4n) is 5.71. The lowest BCUT2D eigenvalue weighted by atomic mass is 10.1. The van der Waals surface area contributed by atoms with Crippen molar-refractivity contribution in [2.24, 2.45) is 7.05 Å². The molecule has 1 aliphatic heterocycles.